The molecule has 5 nitrogen and oxygen atoms in total. The molecule has 0 bridgehead atoms. The molecule has 2 heterocycles. The number of carbonyl (C=O) groups is 1. The summed E-state index contributed by atoms with van der Waals surface area (Å²) in [5, 5.41) is 11.5. The van der Waals surface area contributed by atoms with Gasteiger partial charge in [0.05, 0.1) is 10.9 Å². The molecule has 0 aromatic carbocycles. The Labute approximate surface area is 122 Å². The number of hydrogen-bond donors (Lipinski definition) is 1. The van der Waals surface area contributed by atoms with Crippen molar-refractivity contribution < 1.29 is 4.79 Å². The van der Waals surface area contributed by atoms with Crippen molar-refractivity contribution in [3.8, 4) is 0 Å². The molecule has 0 radical (unpaired) electrons. The average Bonchev–Trinajstić information content (AvgIpc) is 2.67. The van der Waals surface area contributed by atoms with Crippen molar-refractivity contribution in [1.82, 2.24) is 20.1 Å². The zero-order chi connectivity index (χ0) is 13.8. The second kappa shape index (κ2) is 6.50. The van der Waals surface area contributed by atoms with Crippen LogP contribution < -0.4 is 5.32 Å². The molecule has 1 N–H and O–H groups in total. The van der Waals surface area contributed by atoms with Gasteiger partial charge in [0.25, 0.3) is 0 Å². The third-order valence-electron chi connectivity index (χ3n) is 3.53. The summed E-state index contributed by atoms with van der Waals surface area (Å²) in [5.74, 6) is 1.95. The van der Waals surface area contributed by atoms with E-state index < -0.39 is 0 Å². The van der Waals surface area contributed by atoms with Gasteiger partial charge in [-0.1, -0.05) is 29.3 Å². The van der Waals surface area contributed by atoms with Crippen molar-refractivity contribution in [1.29, 1.82) is 0 Å². The molecule has 0 saturated heterocycles. The lowest BCUT2D eigenvalue weighted by Crippen LogP contribution is -2.34. The average molecular weight is 329 g/mol. The molecule has 1 amide bonds. The van der Waals surface area contributed by atoms with Crippen LogP contribution in [0.25, 0.3) is 0 Å². The Morgan fingerprint density at radius 3 is 2.95 bits per heavy atom. The fourth-order valence-corrected chi connectivity index (χ4v) is 2.51. The minimum absolute atomic E-state index is 0.0148. The number of aryl methyl sites for hydroxylation is 1. The molecule has 0 saturated carbocycles. The first kappa shape index (κ1) is 14.5. The second-order valence-corrected chi connectivity index (χ2v) is 6.15. The third-order valence-corrected chi connectivity index (χ3v) is 4.59. The summed E-state index contributed by atoms with van der Waals surface area (Å²) >= 11 is 3.37. The summed E-state index contributed by atoms with van der Waals surface area (Å²) < 4.78 is 2.17. The lowest BCUT2D eigenvalue weighted by molar-refractivity contribution is -0.121. The topological polar surface area (TPSA) is 59.8 Å². The highest BCUT2D eigenvalue weighted by Gasteiger charge is 2.22. The summed E-state index contributed by atoms with van der Waals surface area (Å²) in [4.78, 5) is 11.8. The zero-order valence-electron chi connectivity index (χ0n) is 11.5. The fourth-order valence-electron chi connectivity index (χ4n) is 2.38. The van der Waals surface area contributed by atoms with E-state index in [4.69, 9.17) is 0 Å². The number of aromatic nitrogens is 3. The van der Waals surface area contributed by atoms with E-state index >= 15 is 0 Å². The molecule has 106 valence electrons. The predicted octanol–water partition coefficient (Wildman–Crippen LogP) is 2.36. The third kappa shape index (κ3) is 3.35. The van der Waals surface area contributed by atoms with Gasteiger partial charge >= 0.3 is 0 Å². The maximum Gasteiger partial charge on any atom is 0.234 e. The highest BCUT2D eigenvalue weighted by Crippen LogP contribution is 2.19. The monoisotopic (exact) mass is 328 g/mol. The molecule has 2 atom stereocenters. The Balaban J connectivity index is 2.09. The van der Waals surface area contributed by atoms with Crippen LogP contribution >= 0.6 is 15.9 Å². The van der Waals surface area contributed by atoms with Crippen LogP contribution in [0.5, 0.6) is 0 Å². The van der Waals surface area contributed by atoms with Gasteiger partial charge in [0.2, 0.25) is 5.91 Å². The Hall–Kier alpha value is -0.910. The molecular formula is C13H21BrN4O. The number of rotatable bonds is 4. The van der Waals surface area contributed by atoms with Gasteiger partial charge in [-0.05, 0) is 26.2 Å². The van der Waals surface area contributed by atoms with E-state index in [0.717, 1.165) is 37.5 Å². The largest absolute Gasteiger partial charge is 0.345 e. The van der Waals surface area contributed by atoms with Crippen LogP contribution in [-0.2, 0) is 17.8 Å². The van der Waals surface area contributed by atoms with Crippen LogP contribution in [-0.4, -0.2) is 25.5 Å². The van der Waals surface area contributed by atoms with Gasteiger partial charge in [-0.2, -0.15) is 0 Å². The minimum atomic E-state index is -0.138. The fraction of sp³-hybridized carbons (Fsp3) is 0.769. The van der Waals surface area contributed by atoms with E-state index in [1.54, 1.807) is 0 Å². The van der Waals surface area contributed by atoms with E-state index in [9.17, 15) is 4.79 Å². The predicted molar refractivity (Wildman–Crippen MR) is 77.1 cm³/mol. The summed E-state index contributed by atoms with van der Waals surface area (Å²) in [6.45, 7) is 4.91. The van der Waals surface area contributed by atoms with Crippen LogP contribution in [0.1, 0.15) is 57.2 Å². The molecule has 2 unspecified atom stereocenters. The number of hydrogen-bond acceptors (Lipinski definition) is 3. The van der Waals surface area contributed by atoms with E-state index in [0.29, 0.717) is 0 Å². The lowest BCUT2D eigenvalue weighted by Gasteiger charge is -2.16. The Kier molecular flexibility index (Phi) is 4.96. The van der Waals surface area contributed by atoms with E-state index in [2.05, 4.69) is 36.0 Å². The zero-order valence-corrected chi connectivity index (χ0v) is 13.1. The molecule has 19 heavy (non-hydrogen) atoms. The van der Waals surface area contributed by atoms with Gasteiger partial charge in [-0.25, -0.2) is 0 Å². The molecule has 1 aliphatic rings. The maximum absolute atomic E-state index is 11.9. The number of fused-ring (bicyclic) bond motifs is 1. The summed E-state index contributed by atoms with van der Waals surface area (Å²) in [5.41, 5.74) is 0. The molecule has 1 aliphatic heterocycles. The first-order valence-corrected chi connectivity index (χ1v) is 7.91. The number of nitrogens with zero attached hydrogens (tertiary/aromatic N) is 3. The highest BCUT2D eigenvalue weighted by molar-refractivity contribution is 9.10. The van der Waals surface area contributed by atoms with Gasteiger partial charge in [0.15, 0.2) is 5.82 Å². The SMILES string of the molecule is CCC(Br)C(=O)NC(C)c1nnc2n1CCCCC2. The number of carbonyl (C=O) groups excluding carboxylic acids is 1. The molecule has 1 aromatic heterocycles. The molecule has 6 heteroatoms. The number of alkyl halides is 1. The Morgan fingerprint density at radius 2 is 2.21 bits per heavy atom. The van der Waals surface area contributed by atoms with Crippen LogP contribution in [0.15, 0.2) is 0 Å². The quantitative estimate of drug-likeness (QED) is 0.863. The van der Waals surface area contributed by atoms with Crippen molar-refractivity contribution in [3.63, 3.8) is 0 Å². The summed E-state index contributed by atoms with van der Waals surface area (Å²) in [6, 6.07) is -0.0987. The Bertz CT molecular complexity index is 446. The second-order valence-electron chi connectivity index (χ2n) is 5.04. The number of nitrogens with one attached hydrogen (secondary N) is 1. The van der Waals surface area contributed by atoms with Crippen LogP contribution in [0, 0.1) is 0 Å². The van der Waals surface area contributed by atoms with Gasteiger partial charge in [0.1, 0.15) is 5.82 Å². The van der Waals surface area contributed by atoms with Crippen molar-refractivity contribution in [2.75, 3.05) is 0 Å². The smallest absolute Gasteiger partial charge is 0.234 e. The highest BCUT2D eigenvalue weighted by atomic mass is 79.9. The van der Waals surface area contributed by atoms with E-state index in [-0.39, 0.29) is 16.8 Å². The van der Waals surface area contributed by atoms with Crippen molar-refractivity contribution >= 4 is 21.8 Å². The number of halogens is 1. The summed E-state index contributed by atoms with van der Waals surface area (Å²) in [7, 11) is 0. The molecule has 2 rings (SSSR count). The first-order chi connectivity index (χ1) is 9.13. The van der Waals surface area contributed by atoms with Gasteiger partial charge in [-0.3, -0.25) is 4.79 Å². The molecular weight excluding hydrogens is 308 g/mol. The standard InChI is InChI=1S/C13H21BrN4O/c1-3-10(14)13(19)15-9(2)12-17-16-11-7-5-4-6-8-18(11)12/h9-10H,3-8H2,1-2H3,(H,15,19). The van der Waals surface area contributed by atoms with Crippen molar-refractivity contribution in [2.45, 2.75) is 63.4 Å². The number of amides is 1. The van der Waals surface area contributed by atoms with Crippen molar-refractivity contribution in [3.05, 3.63) is 11.6 Å². The van der Waals surface area contributed by atoms with E-state index in [1.165, 1.54) is 12.8 Å². The van der Waals surface area contributed by atoms with E-state index in [1.807, 2.05) is 13.8 Å². The summed E-state index contributed by atoms with van der Waals surface area (Å²) in [6.07, 6.45) is 5.34. The maximum atomic E-state index is 11.9. The molecule has 0 aliphatic carbocycles. The van der Waals surface area contributed by atoms with Crippen LogP contribution in [0.4, 0.5) is 0 Å². The molecule has 1 aromatic rings. The normalized spacial score (nSPS) is 18.3. The van der Waals surface area contributed by atoms with Crippen LogP contribution in [0.3, 0.4) is 0 Å². The molecule has 0 spiro atoms. The van der Waals surface area contributed by atoms with Gasteiger partial charge in [0, 0.05) is 13.0 Å². The van der Waals surface area contributed by atoms with Gasteiger partial charge in [-0.15, -0.1) is 10.2 Å². The first-order valence-electron chi connectivity index (χ1n) is 7.00. The molecule has 0 fully saturated rings. The Morgan fingerprint density at radius 1 is 1.42 bits per heavy atom. The minimum Gasteiger partial charge on any atom is -0.345 e. The lowest BCUT2D eigenvalue weighted by atomic mass is 10.2. The van der Waals surface area contributed by atoms with Gasteiger partial charge < -0.3 is 9.88 Å². The van der Waals surface area contributed by atoms with Crippen LogP contribution in [0.2, 0.25) is 0 Å². The van der Waals surface area contributed by atoms with Crippen molar-refractivity contribution in [2.24, 2.45) is 0 Å².